The molecule has 0 atom stereocenters. The number of hydrogen-bond acceptors (Lipinski definition) is 5. The topological polar surface area (TPSA) is 77.3 Å². The van der Waals surface area contributed by atoms with Crippen molar-refractivity contribution in [3.05, 3.63) is 59.5 Å². The predicted molar refractivity (Wildman–Crippen MR) is 101 cm³/mol. The fraction of sp³-hybridized carbons (Fsp3) is 0.263. The third-order valence-electron chi connectivity index (χ3n) is 4.81. The van der Waals surface area contributed by atoms with Gasteiger partial charge in [0.1, 0.15) is 10.6 Å². The van der Waals surface area contributed by atoms with Crippen molar-refractivity contribution in [1.82, 2.24) is 19.1 Å². The number of rotatable bonds is 4. The fourth-order valence-corrected chi connectivity index (χ4v) is 4.95. The van der Waals surface area contributed by atoms with Gasteiger partial charge in [0, 0.05) is 43.8 Å². The molecule has 0 N–H and O–H groups in total. The summed E-state index contributed by atoms with van der Waals surface area (Å²) < 4.78 is 35.3. The molecule has 0 unspecified atom stereocenters. The lowest BCUT2D eigenvalue weighted by Gasteiger charge is -2.18. The molecule has 27 heavy (non-hydrogen) atoms. The molecule has 0 fully saturated rings. The Morgan fingerprint density at radius 2 is 1.89 bits per heavy atom. The van der Waals surface area contributed by atoms with E-state index in [1.165, 1.54) is 11.4 Å². The summed E-state index contributed by atoms with van der Waals surface area (Å²) in [6, 6.07) is 8.95. The van der Waals surface area contributed by atoms with Crippen molar-refractivity contribution in [3.63, 3.8) is 0 Å². The maximum absolute atomic E-state index is 13.4. The van der Waals surface area contributed by atoms with Gasteiger partial charge in [-0.3, -0.25) is 9.67 Å². The first kappa shape index (κ1) is 17.7. The van der Waals surface area contributed by atoms with Gasteiger partial charge in [-0.15, -0.1) is 0 Å². The van der Waals surface area contributed by atoms with E-state index >= 15 is 0 Å². The molecule has 1 aromatic carbocycles. The van der Waals surface area contributed by atoms with E-state index in [9.17, 15) is 8.42 Å². The zero-order chi connectivity index (χ0) is 19.2. The lowest BCUT2D eigenvalue weighted by molar-refractivity contribution is 0.393. The second-order valence-electron chi connectivity index (χ2n) is 6.57. The van der Waals surface area contributed by atoms with Crippen LogP contribution in [0.15, 0.2) is 47.6 Å². The molecule has 7 nitrogen and oxygen atoms in total. The number of pyridine rings is 1. The standard InChI is InChI=1S/C19H20N4O3S/c1-13-8-15-11-23(12-16(15)10-20-13)27(24,25)19-9-14(4-5-18(19)26-3)17-6-7-21-22(17)2/h4-10H,11-12H2,1-3H3. The zero-order valence-electron chi connectivity index (χ0n) is 15.4. The maximum atomic E-state index is 13.4. The van der Waals surface area contributed by atoms with Crippen LogP contribution in [-0.4, -0.2) is 34.6 Å². The Hall–Kier alpha value is -2.71. The van der Waals surface area contributed by atoms with Gasteiger partial charge in [0.15, 0.2) is 0 Å². The van der Waals surface area contributed by atoms with Crippen LogP contribution in [0.5, 0.6) is 5.75 Å². The molecule has 3 heterocycles. The molecule has 2 aromatic heterocycles. The summed E-state index contributed by atoms with van der Waals surface area (Å²) in [5.74, 6) is 0.325. The largest absolute Gasteiger partial charge is 0.495 e. The molecule has 0 saturated heterocycles. The quantitative estimate of drug-likeness (QED) is 0.691. The van der Waals surface area contributed by atoms with Gasteiger partial charge in [0.25, 0.3) is 0 Å². The van der Waals surface area contributed by atoms with Gasteiger partial charge in [0.05, 0.1) is 12.8 Å². The summed E-state index contributed by atoms with van der Waals surface area (Å²) in [6.45, 7) is 2.54. The van der Waals surface area contributed by atoms with E-state index in [0.29, 0.717) is 18.8 Å². The van der Waals surface area contributed by atoms with Gasteiger partial charge in [-0.05, 0) is 48.4 Å². The molecule has 4 rings (SSSR count). The third kappa shape index (κ3) is 3.00. The number of aryl methyl sites for hydroxylation is 2. The molecule has 0 amide bonds. The van der Waals surface area contributed by atoms with Crippen LogP contribution in [0.3, 0.4) is 0 Å². The summed E-state index contributed by atoms with van der Waals surface area (Å²) in [5, 5.41) is 4.16. The first-order valence-electron chi connectivity index (χ1n) is 8.51. The molecular weight excluding hydrogens is 364 g/mol. The lowest BCUT2D eigenvalue weighted by atomic mass is 10.1. The number of hydrogen-bond donors (Lipinski definition) is 0. The van der Waals surface area contributed by atoms with Crippen LogP contribution in [0.4, 0.5) is 0 Å². The SMILES string of the molecule is COc1ccc(-c2ccnn2C)cc1S(=O)(=O)N1Cc2cnc(C)cc2C1. The average Bonchev–Trinajstić information content (AvgIpc) is 3.27. The van der Waals surface area contributed by atoms with E-state index in [2.05, 4.69) is 10.1 Å². The monoisotopic (exact) mass is 384 g/mol. The number of benzene rings is 1. The highest BCUT2D eigenvalue weighted by Gasteiger charge is 2.33. The zero-order valence-corrected chi connectivity index (χ0v) is 16.2. The van der Waals surface area contributed by atoms with Gasteiger partial charge < -0.3 is 4.74 Å². The average molecular weight is 384 g/mol. The van der Waals surface area contributed by atoms with Crippen molar-refractivity contribution >= 4 is 10.0 Å². The number of aromatic nitrogens is 3. The Labute approximate surface area is 158 Å². The summed E-state index contributed by atoms with van der Waals surface area (Å²) in [4.78, 5) is 4.43. The molecule has 1 aliphatic heterocycles. The first-order valence-corrected chi connectivity index (χ1v) is 9.95. The molecule has 0 spiro atoms. The maximum Gasteiger partial charge on any atom is 0.247 e. The number of fused-ring (bicyclic) bond motifs is 1. The van der Waals surface area contributed by atoms with Crippen LogP contribution in [-0.2, 0) is 30.2 Å². The summed E-state index contributed by atoms with van der Waals surface area (Å²) in [7, 11) is -0.442. The van der Waals surface area contributed by atoms with Gasteiger partial charge in [-0.25, -0.2) is 8.42 Å². The van der Waals surface area contributed by atoms with E-state index in [1.54, 1.807) is 29.2 Å². The van der Waals surface area contributed by atoms with Crippen LogP contribution in [0.2, 0.25) is 0 Å². The van der Waals surface area contributed by atoms with Crippen LogP contribution in [0, 0.1) is 6.92 Å². The fourth-order valence-electron chi connectivity index (χ4n) is 3.37. The normalized spacial score (nSPS) is 14.3. The smallest absolute Gasteiger partial charge is 0.247 e. The second kappa shape index (κ2) is 6.47. The van der Waals surface area contributed by atoms with E-state index in [1.807, 2.05) is 32.2 Å². The molecule has 8 heteroatoms. The number of ether oxygens (including phenoxy) is 1. The predicted octanol–water partition coefficient (Wildman–Crippen LogP) is 2.50. The van der Waals surface area contributed by atoms with Crippen LogP contribution < -0.4 is 4.74 Å². The minimum atomic E-state index is -3.74. The first-order chi connectivity index (χ1) is 12.9. The molecule has 0 radical (unpaired) electrons. The van der Waals surface area contributed by atoms with Crippen LogP contribution >= 0.6 is 0 Å². The van der Waals surface area contributed by atoms with Gasteiger partial charge in [-0.2, -0.15) is 9.40 Å². The summed E-state index contributed by atoms with van der Waals surface area (Å²) in [5.41, 5.74) is 4.41. The highest BCUT2D eigenvalue weighted by Crippen LogP contribution is 2.35. The van der Waals surface area contributed by atoms with E-state index in [-0.39, 0.29) is 4.90 Å². The highest BCUT2D eigenvalue weighted by molar-refractivity contribution is 7.89. The van der Waals surface area contributed by atoms with Crippen molar-refractivity contribution in [2.75, 3.05) is 7.11 Å². The van der Waals surface area contributed by atoms with Crippen LogP contribution in [0.1, 0.15) is 16.8 Å². The summed E-state index contributed by atoms with van der Waals surface area (Å²) in [6.07, 6.45) is 3.43. The van der Waals surface area contributed by atoms with Crippen LogP contribution in [0.25, 0.3) is 11.3 Å². The van der Waals surface area contributed by atoms with Crippen molar-refractivity contribution in [1.29, 1.82) is 0 Å². The number of nitrogens with zero attached hydrogens (tertiary/aromatic N) is 4. The Morgan fingerprint density at radius 1 is 1.11 bits per heavy atom. The van der Waals surface area contributed by atoms with Crippen molar-refractivity contribution in [2.45, 2.75) is 24.9 Å². The van der Waals surface area contributed by atoms with Crippen molar-refractivity contribution in [2.24, 2.45) is 7.05 Å². The summed E-state index contributed by atoms with van der Waals surface area (Å²) >= 11 is 0. The van der Waals surface area contributed by atoms with E-state index < -0.39 is 10.0 Å². The molecule has 0 bridgehead atoms. The Kier molecular flexibility index (Phi) is 4.24. The Balaban J connectivity index is 1.76. The molecular formula is C19H20N4O3S. The molecule has 3 aromatic rings. The Bertz CT molecular complexity index is 1120. The third-order valence-corrected chi connectivity index (χ3v) is 6.62. The van der Waals surface area contributed by atoms with Gasteiger partial charge in [-0.1, -0.05) is 0 Å². The van der Waals surface area contributed by atoms with Gasteiger partial charge in [0.2, 0.25) is 10.0 Å². The van der Waals surface area contributed by atoms with Crippen molar-refractivity contribution < 1.29 is 13.2 Å². The van der Waals surface area contributed by atoms with E-state index in [4.69, 9.17) is 4.74 Å². The lowest BCUT2D eigenvalue weighted by Crippen LogP contribution is -2.26. The second-order valence-corrected chi connectivity index (χ2v) is 8.48. The molecule has 0 saturated carbocycles. The van der Waals surface area contributed by atoms with Crippen molar-refractivity contribution in [3.8, 4) is 17.0 Å². The van der Waals surface area contributed by atoms with E-state index in [0.717, 1.165) is 28.1 Å². The number of sulfonamides is 1. The van der Waals surface area contributed by atoms with Gasteiger partial charge >= 0.3 is 0 Å². The molecule has 1 aliphatic rings. The Morgan fingerprint density at radius 3 is 2.59 bits per heavy atom. The minimum absolute atomic E-state index is 0.154. The highest BCUT2D eigenvalue weighted by atomic mass is 32.2. The number of methoxy groups -OCH3 is 1. The minimum Gasteiger partial charge on any atom is -0.495 e. The molecule has 140 valence electrons. The molecule has 0 aliphatic carbocycles.